The lowest BCUT2D eigenvalue weighted by atomic mass is 10.1. The normalized spacial score (nSPS) is 10.6. The molecule has 0 saturated heterocycles. The number of aromatic amines is 2. The molecule has 34 heavy (non-hydrogen) atoms. The van der Waals surface area contributed by atoms with E-state index in [1.807, 2.05) is 6.07 Å². The molecular weight excluding hydrogens is 432 g/mol. The number of hydrogen-bond acceptors (Lipinski definition) is 6. The van der Waals surface area contributed by atoms with Gasteiger partial charge in [0.15, 0.2) is 0 Å². The molecule has 5 rings (SSSR count). The number of fused-ring (bicyclic) bond motifs is 1. The zero-order valence-corrected chi connectivity index (χ0v) is 17.5. The van der Waals surface area contributed by atoms with Crippen LogP contribution < -0.4 is 10.6 Å². The number of amides is 2. The average Bonchev–Trinajstić information content (AvgIpc) is 3.53. The van der Waals surface area contributed by atoms with Gasteiger partial charge in [0.2, 0.25) is 11.9 Å². The second-order valence-electron chi connectivity index (χ2n) is 7.26. The van der Waals surface area contributed by atoms with Crippen molar-refractivity contribution in [1.29, 1.82) is 5.26 Å². The molecular formula is C24H16N8O2. The van der Waals surface area contributed by atoms with Crippen LogP contribution in [0.3, 0.4) is 0 Å². The molecule has 4 N–H and O–H groups in total. The molecule has 3 heterocycles. The van der Waals surface area contributed by atoms with E-state index in [2.05, 4.69) is 41.6 Å². The Balaban J connectivity index is 1.34. The van der Waals surface area contributed by atoms with E-state index in [4.69, 9.17) is 5.26 Å². The number of aromatic nitrogens is 5. The first-order chi connectivity index (χ1) is 16.6. The van der Waals surface area contributed by atoms with Crippen molar-refractivity contribution in [3.63, 3.8) is 0 Å². The average molecular weight is 448 g/mol. The van der Waals surface area contributed by atoms with E-state index in [9.17, 15) is 9.59 Å². The van der Waals surface area contributed by atoms with Gasteiger partial charge in [0.1, 0.15) is 5.52 Å². The van der Waals surface area contributed by atoms with Gasteiger partial charge in [-0.1, -0.05) is 18.2 Å². The lowest BCUT2D eigenvalue weighted by molar-refractivity contribution is 0.101. The Bertz CT molecular complexity index is 1550. The summed E-state index contributed by atoms with van der Waals surface area (Å²) in [4.78, 5) is 43.9. The fourth-order valence-electron chi connectivity index (χ4n) is 3.41. The molecule has 0 aliphatic heterocycles. The Kier molecular flexibility index (Phi) is 5.26. The molecule has 0 saturated carbocycles. The number of carbonyl (C=O) groups excluding carboxylic acids is 2. The summed E-state index contributed by atoms with van der Waals surface area (Å²) in [7, 11) is 0. The lowest BCUT2D eigenvalue weighted by Crippen LogP contribution is -2.14. The third kappa shape index (κ3) is 4.09. The zero-order chi connectivity index (χ0) is 23.5. The SMILES string of the molecule is N#Cc1cccc(-c2ccc(C(=O)Nc3nc4c(C(=O)Nc5ncc[nH]5)cccc4[nH]3)cn2)c1. The Morgan fingerprint density at radius 1 is 0.941 bits per heavy atom. The maximum atomic E-state index is 12.7. The Hall–Kier alpha value is -5.30. The minimum absolute atomic E-state index is 0.198. The number of rotatable bonds is 5. The molecule has 10 nitrogen and oxygen atoms in total. The number of nitrogens with zero attached hydrogens (tertiary/aromatic N) is 4. The van der Waals surface area contributed by atoms with Crippen LogP contribution in [-0.4, -0.2) is 36.7 Å². The first kappa shape index (κ1) is 20.6. The van der Waals surface area contributed by atoms with E-state index in [0.717, 1.165) is 5.56 Å². The molecule has 0 radical (unpaired) electrons. The smallest absolute Gasteiger partial charge is 0.260 e. The van der Waals surface area contributed by atoms with Crippen LogP contribution in [0.25, 0.3) is 22.3 Å². The monoisotopic (exact) mass is 448 g/mol. The fourth-order valence-corrected chi connectivity index (χ4v) is 3.41. The van der Waals surface area contributed by atoms with Gasteiger partial charge in [0, 0.05) is 24.2 Å². The van der Waals surface area contributed by atoms with Crippen molar-refractivity contribution < 1.29 is 9.59 Å². The Morgan fingerprint density at radius 3 is 2.56 bits per heavy atom. The largest absolute Gasteiger partial charge is 0.331 e. The van der Waals surface area contributed by atoms with Crippen LogP contribution in [0.2, 0.25) is 0 Å². The molecule has 0 unspecified atom stereocenters. The summed E-state index contributed by atoms with van der Waals surface area (Å²) in [6.45, 7) is 0. The minimum atomic E-state index is -0.412. The first-order valence-corrected chi connectivity index (χ1v) is 10.2. The van der Waals surface area contributed by atoms with Gasteiger partial charge in [-0.15, -0.1) is 0 Å². The van der Waals surface area contributed by atoms with Crippen molar-refractivity contribution in [3.05, 3.63) is 89.9 Å². The summed E-state index contributed by atoms with van der Waals surface area (Å²) in [6, 6.07) is 17.6. The molecule has 164 valence electrons. The lowest BCUT2D eigenvalue weighted by Gasteiger charge is -2.04. The highest BCUT2D eigenvalue weighted by molar-refractivity contribution is 6.11. The number of pyridine rings is 1. The Labute approximate surface area is 192 Å². The van der Waals surface area contributed by atoms with Crippen LogP contribution in [0.4, 0.5) is 11.9 Å². The summed E-state index contributed by atoms with van der Waals surface area (Å²) in [5, 5.41) is 14.4. The van der Waals surface area contributed by atoms with E-state index in [-0.39, 0.29) is 11.9 Å². The highest BCUT2D eigenvalue weighted by Crippen LogP contribution is 2.21. The second-order valence-corrected chi connectivity index (χ2v) is 7.26. The predicted molar refractivity (Wildman–Crippen MR) is 125 cm³/mol. The minimum Gasteiger partial charge on any atom is -0.331 e. The molecule has 0 spiro atoms. The maximum Gasteiger partial charge on any atom is 0.260 e. The van der Waals surface area contributed by atoms with Crippen molar-refractivity contribution >= 4 is 34.7 Å². The number of para-hydroxylation sites is 1. The number of benzene rings is 2. The van der Waals surface area contributed by atoms with Gasteiger partial charge >= 0.3 is 0 Å². The number of hydrogen-bond donors (Lipinski definition) is 4. The maximum absolute atomic E-state index is 12.7. The number of imidazole rings is 2. The molecule has 0 aliphatic rings. The zero-order valence-electron chi connectivity index (χ0n) is 17.5. The van der Waals surface area contributed by atoms with Crippen molar-refractivity contribution in [2.24, 2.45) is 0 Å². The van der Waals surface area contributed by atoms with Gasteiger partial charge in [0.05, 0.1) is 34.0 Å². The summed E-state index contributed by atoms with van der Waals surface area (Å²) >= 11 is 0. The van der Waals surface area contributed by atoms with Crippen LogP contribution in [0.1, 0.15) is 26.3 Å². The van der Waals surface area contributed by atoms with Gasteiger partial charge in [-0.3, -0.25) is 25.2 Å². The van der Waals surface area contributed by atoms with E-state index in [1.54, 1.807) is 54.7 Å². The fraction of sp³-hybridized carbons (Fsp3) is 0. The first-order valence-electron chi connectivity index (χ1n) is 10.2. The van der Waals surface area contributed by atoms with E-state index in [1.165, 1.54) is 12.4 Å². The van der Waals surface area contributed by atoms with Crippen LogP contribution >= 0.6 is 0 Å². The van der Waals surface area contributed by atoms with Crippen LogP contribution in [-0.2, 0) is 0 Å². The van der Waals surface area contributed by atoms with Gasteiger partial charge in [-0.05, 0) is 36.4 Å². The quantitative estimate of drug-likeness (QED) is 0.321. The summed E-state index contributed by atoms with van der Waals surface area (Å²) < 4.78 is 0. The summed E-state index contributed by atoms with van der Waals surface area (Å²) in [5.41, 5.74) is 3.62. The highest BCUT2D eigenvalue weighted by Gasteiger charge is 2.16. The molecule has 3 aromatic heterocycles. The van der Waals surface area contributed by atoms with Crippen LogP contribution in [0, 0.1) is 11.3 Å². The topological polar surface area (TPSA) is 152 Å². The molecule has 0 fully saturated rings. The number of H-pyrrole nitrogens is 2. The van der Waals surface area contributed by atoms with Crippen molar-refractivity contribution in [2.45, 2.75) is 0 Å². The molecule has 0 aliphatic carbocycles. The van der Waals surface area contributed by atoms with Crippen molar-refractivity contribution in [2.75, 3.05) is 10.6 Å². The molecule has 2 aromatic carbocycles. The highest BCUT2D eigenvalue weighted by atomic mass is 16.2. The summed E-state index contributed by atoms with van der Waals surface area (Å²) in [5.74, 6) is -0.277. The van der Waals surface area contributed by atoms with E-state index >= 15 is 0 Å². The van der Waals surface area contributed by atoms with Gasteiger partial charge < -0.3 is 9.97 Å². The van der Waals surface area contributed by atoms with E-state index < -0.39 is 5.91 Å². The van der Waals surface area contributed by atoms with E-state index in [0.29, 0.717) is 39.4 Å². The Morgan fingerprint density at radius 2 is 1.79 bits per heavy atom. The number of anilines is 2. The number of carbonyl (C=O) groups is 2. The summed E-state index contributed by atoms with van der Waals surface area (Å²) in [6.07, 6.45) is 4.58. The molecule has 0 bridgehead atoms. The van der Waals surface area contributed by atoms with Gasteiger partial charge in [-0.2, -0.15) is 5.26 Å². The third-order valence-corrected chi connectivity index (χ3v) is 5.03. The van der Waals surface area contributed by atoms with Crippen molar-refractivity contribution in [1.82, 2.24) is 24.9 Å². The third-order valence-electron chi connectivity index (χ3n) is 5.03. The molecule has 2 amide bonds. The van der Waals surface area contributed by atoms with Crippen LogP contribution in [0.15, 0.2) is 73.2 Å². The molecule has 5 aromatic rings. The molecule has 0 atom stereocenters. The van der Waals surface area contributed by atoms with Gasteiger partial charge in [-0.25, -0.2) is 9.97 Å². The van der Waals surface area contributed by atoms with Gasteiger partial charge in [0.25, 0.3) is 11.8 Å². The standard InChI is InChI=1S/C24H16N8O2/c25-12-14-3-1-4-15(11-14)18-8-7-16(13-28-18)21(33)31-24-29-19-6-2-5-17(20(19)30-24)22(34)32-23-26-9-10-27-23/h1-11,13H,(H2,26,27,32,34)(H2,29,30,31,33). The van der Waals surface area contributed by atoms with Crippen LogP contribution in [0.5, 0.6) is 0 Å². The second kappa shape index (κ2) is 8.68. The number of nitrogens with one attached hydrogen (secondary N) is 4. The molecule has 10 heteroatoms. The predicted octanol–water partition coefficient (Wildman–Crippen LogP) is 3.72. The van der Waals surface area contributed by atoms with Crippen molar-refractivity contribution in [3.8, 4) is 17.3 Å². The number of nitriles is 1.